The second-order valence-electron chi connectivity index (χ2n) is 8.60. The normalized spacial score (nSPS) is 15.4. The van der Waals surface area contributed by atoms with Crippen LogP contribution in [0.3, 0.4) is 0 Å². The summed E-state index contributed by atoms with van der Waals surface area (Å²) in [6.07, 6.45) is 0.978. The lowest BCUT2D eigenvalue weighted by atomic mass is 9.80. The molecule has 0 spiro atoms. The van der Waals surface area contributed by atoms with Crippen molar-refractivity contribution in [1.29, 1.82) is 0 Å². The van der Waals surface area contributed by atoms with Gasteiger partial charge < -0.3 is 14.7 Å². The molecule has 0 saturated carbocycles. The molecule has 1 aromatic heterocycles. The minimum Gasteiger partial charge on any atom is -0.481 e. The van der Waals surface area contributed by atoms with E-state index in [9.17, 15) is 9.90 Å². The van der Waals surface area contributed by atoms with Gasteiger partial charge in [0.05, 0.1) is 11.1 Å². The summed E-state index contributed by atoms with van der Waals surface area (Å²) in [5, 5.41) is 9.42. The number of piperidine rings is 1. The standard InChI is InChI=1S/C26H27FN2O3/c1-18-8-10-21(24(28-18)32-17-19-6-4-3-5-7-19)20-9-11-23(22(27)16-20)29-14-12-26(2,13-15-29)25(30)31/h3-11,16H,12-15,17H2,1-2H3,(H,30,31). The molecule has 1 fully saturated rings. The maximum atomic E-state index is 15.1. The number of hydrogen-bond acceptors (Lipinski definition) is 4. The van der Waals surface area contributed by atoms with Crippen LogP contribution in [0.1, 0.15) is 31.0 Å². The van der Waals surface area contributed by atoms with Crippen LogP contribution in [0.5, 0.6) is 5.88 Å². The van der Waals surface area contributed by atoms with Gasteiger partial charge in [0.1, 0.15) is 12.4 Å². The van der Waals surface area contributed by atoms with E-state index < -0.39 is 11.4 Å². The largest absolute Gasteiger partial charge is 0.481 e. The van der Waals surface area contributed by atoms with E-state index in [2.05, 4.69) is 4.98 Å². The predicted molar refractivity (Wildman–Crippen MR) is 122 cm³/mol. The third-order valence-corrected chi connectivity index (χ3v) is 6.20. The Labute approximate surface area is 187 Å². The molecule has 2 aromatic carbocycles. The summed E-state index contributed by atoms with van der Waals surface area (Å²) >= 11 is 0. The zero-order chi connectivity index (χ0) is 22.7. The van der Waals surface area contributed by atoms with Crippen molar-refractivity contribution in [2.45, 2.75) is 33.3 Å². The molecule has 1 saturated heterocycles. The van der Waals surface area contributed by atoms with Crippen LogP contribution in [0.4, 0.5) is 10.1 Å². The summed E-state index contributed by atoms with van der Waals surface area (Å²) < 4.78 is 21.1. The molecule has 2 heterocycles. The number of anilines is 1. The molecule has 0 radical (unpaired) electrons. The summed E-state index contributed by atoms with van der Waals surface area (Å²) in [6, 6.07) is 18.7. The summed E-state index contributed by atoms with van der Waals surface area (Å²) in [4.78, 5) is 17.9. The lowest BCUT2D eigenvalue weighted by Gasteiger charge is -2.37. The Balaban J connectivity index is 1.55. The number of rotatable bonds is 6. The average Bonchev–Trinajstić information content (AvgIpc) is 2.79. The highest BCUT2D eigenvalue weighted by molar-refractivity contribution is 5.75. The molecule has 166 valence electrons. The Morgan fingerprint density at radius 1 is 1.12 bits per heavy atom. The van der Waals surface area contributed by atoms with E-state index in [1.807, 2.05) is 60.4 Å². The predicted octanol–water partition coefficient (Wildman–Crippen LogP) is 5.47. The lowest BCUT2D eigenvalue weighted by Crippen LogP contribution is -2.43. The molecule has 0 amide bonds. The van der Waals surface area contributed by atoms with E-state index in [0.717, 1.165) is 16.8 Å². The molecule has 1 aliphatic heterocycles. The van der Waals surface area contributed by atoms with Crippen molar-refractivity contribution in [2.75, 3.05) is 18.0 Å². The van der Waals surface area contributed by atoms with Gasteiger partial charge in [0.15, 0.2) is 0 Å². The van der Waals surface area contributed by atoms with E-state index in [4.69, 9.17) is 4.74 Å². The SMILES string of the molecule is Cc1ccc(-c2ccc(N3CCC(C)(C(=O)O)CC3)c(F)c2)c(OCc2ccccc2)n1. The second kappa shape index (κ2) is 8.99. The van der Waals surface area contributed by atoms with Gasteiger partial charge in [0.2, 0.25) is 5.88 Å². The van der Waals surface area contributed by atoms with Crippen LogP contribution in [-0.4, -0.2) is 29.1 Å². The molecule has 0 atom stereocenters. The van der Waals surface area contributed by atoms with Crippen molar-refractivity contribution in [3.05, 3.63) is 77.7 Å². The summed E-state index contributed by atoms with van der Waals surface area (Å²) in [6.45, 7) is 5.05. The number of ether oxygens (including phenoxy) is 1. The van der Waals surface area contributed by atoms with E-state index in [-0.39, 0.29) is 5.82 Å². The van der Waals surface area contributed by atoms with Gasteiger partial charge in [-0.3, -0.25) is 4.79 Å². The molecule has 0 unspecified atom stereocenters. The van der Waals surface area contributed by atoms with Crippen molar-refractivity contribution in [2.24, 2.45) is 5.41 Å². The molecule has 1 aliphatic rings. The zero-order valence-electron chi connectivity index (χ0n) is 18.3. The van der Waals surface area contributed by atoms with Crippen LogP contribution in [0.2, 0.25) is 0 Å². The highest BCUT2D eigenvalue weighted by atomic mass is 19.1. The monoisotopic (exact) mass is 434 g/mol. The van der Waals surface area contributed by atoms with E-state index >= 15 is 4.39 Å². The van der Waals surface area contributed by atoms with Crippen LogP contribution in [-0.2, 0) is 11.4 Å². The fourth-order valence-corrected chi connectivity index (χ4v) is 3.97. The molecule has 1 N–H and O–H groups in total. The van der Waals surface area contributed by atoms with Crippen LogP contribution < -0.4 is 9.64 Å². The van der Waals surface area contributed by atoms with Gasteiger partial charge in [-0.2, -0.15) is 0 Å². The maximum absolute atomic E-state index is 15.1. The van der Waals surface area contributed by atoms with Gasteiger partial charge >= 0.3 is 5.97 Å². The number of carboxylic acids is 1. The van der Waals surface area contributed by atoms with Crippen LogP contribution >= 0.6 is 0 Å². The molecule has 5 nitrogen and oxygen atoms in total. The topological polar surface area (TPSA) is 62.7 Å². The fourth-order valence-electron chi connectivity index (χ4n) is 3.97. The van der Waals surface area contributed by atoms with Crippen molar-refractivity contribution >= 4 is 11.7 Å². The molecule has 0 bridgehead atoms. The van der Waals surface area contributed by atoms with Crippen molar-refractivity contribution in [3.63, 3.8) is 0 Å². The third kappa shape index (κ3) is 4.59. The van der Waals surface area contributed by atoms with Crippen molar-refractivity contribution < 1.29 is 19.0 Å². The minimum absolute atomic E-state index is 0.337. The van der Waals surface area contributed by atoms with Gasteiger partial charge in [0.25, 0.3) is 0 Å². The van der Waals surface area contributed by atoms with Gasteiger partial charge in [-0.1, -0.05) is 36.4 Å². The second-order valence-corrected chi connectivity index (χ2v) is 8.60. The van der Waals surface area contributed by atoms with Gasteiger partial charge in [0, 0.05) is 24.3 Å². The first-order valence-electron chi connectivity index (χ1n) is 10.8. The summed E-state index contributed by atoms with van der Waals surface area (Å²) in [7, 11) is 0. The fraction of sp³-hybridized carbons (Fsp3) is 0.308. The number of aryl methyl sites for hydroxylation is 1. The third-order valence-electron chi connectivity index (χ3n) is 6.20. The number of carbonyl (C=O) groups is 1. The van der Waals surface area contributed by atoms with Crippen LogP contribution in [0.25, 0.3) is 11.1 Å². The Morgan fingerprint density at radius 3 is 2.50 bits per heavy atom. The van der Waals surface area contributed by atoms with E-state index in [1.165, 1.54) is 6.07 Å². The van der Waals surface area contributed by atoms with E-state index in [0.29, 0.717) is 49.7 Å². The minimum atomic E-state index is -0.789. The van der Waals surface area contributed by atoms with Gasteiger partial charge in [-0.05, 0) is 62.1 Å². The molecule has 0 aliphatic carbocycles. The summed E-state index contributed by atoms with van der Waals surface area (Å²) in [5.74, 6) is -0.657. The Morgan fingerprint density at radius 2 is 1.84 bits per heavy atom. The smallest absolute Gasteiger partial charge is 0.309 e. The number of benzene rings is 2. The molecule has 3 aromatic rings. The Hall–Kier alpha value is -3.41. The number of carboxylic acid groups (broad SMARTS) is 1. The number of aliphatic carboxylic acids is 1. The number of nitrogens with zero attached hydrogens (tertiary/aromatic N) is 2. The van der Waals surface area contributed by atoms with Gasteiger partial charge in [-0.25, -0.2) is 9.37 Å². The molecule has 32 heavy (non-hydrogen) atoms. The van der Waals surface area contributed by atoms with Crippen molar-refractivity contribution in [1.82, 2.24) is 4.98 Å². The molecule has 4 rings (SSSR count). The van der Waals surface area contributed by atoms with Crippen molar-refractivity contribution in [3.8, 4) is 17.0 Å². The number of halogens is 1. The number of pyridine rings is 1. The first kappa shape index (κ1) is 21.8. The Bertz CT molecular complexity index is 1110. The molecule has 6 heteroatoms. The first-order valence-corrected chi connectivity index (χ1v) is 10.8. The highest BCUT2D eigenvalue weighted by Gasteiger charge is 2.37. The van der Waals surface area contributed by atoms with E-state index in [1.54, 1.807) is 13.0 Å². The molecular weight excluding hydrogens is 407 g/mol. The highest BCUT2D eigenvalue weighted by Crippen LogP contribution is 2.36. The van der Waals surface area contributed by atoms with Crippen LogP contribution in [0.15, 0.2) is 60.7 Å². The Kier molecular flexibility index (Phi) is 6.12. The zero-order valence-corrected chi connectivity index (χ0v) is 18.3. The van der Waals surface area contributed by atoms with Crippen LogP contribution in [0, 0.1) is 18.2 Å². The average molecular weight is 435 g/mol. The van der Waals surface area contributed by atoms with Gasteiger partial charge in [-0.15, -0.1) is 0 Å². The molecular formula is C26H27FN2O3. The maximum Gasteiger partial charge on any atom is 0.309 e. The summed E-state index contributed by atoms with van der Waals surface area (Å²) in [5.41, 5.74) is 3.02. The lowest BCUT2D eigenvalue weighted by molar-refractivity contribution is -0.149. The number of hydrogen-bond donors (Lipinski definition) is 1. The first-order chi connectivity index (χ1) is 15.4. The quantitative estimate of drug-likeness (QED) is 0.558. The number of aromatic nitrogens is 1.